The average molecular weight is 526 g/mol. The number of piperidine rings is 1. The van der Waals surface area contributed by atoms with Gasteiger partial charge in [0.25, 0.3) is 0 Å². The Kier molecular flexibility index (Phi) is 8.33. The number of hydrogen-bond acceptors (Lipinski definition) is 8. The maximum Gasteiger partial charge on any atom is 0.219 e. The molecule has 1 aromatic carbocycles. The van der Waals surface area contributed by atoms with Gasteiger partial charge in [0.15, 0.2) is 18.1 Å². The summed E-state index contributed by atoms with van der Waals surface area (Å²) in [7, 11) is 1.69. The van der Waals surface area contributed by atoms with E-state index in [4.69, 9.17) is 9.47 Å². The summed E-state index contributed by atoms with van der Waals surface area (Å²) < 4.78 is 26.4. The molecule has 4 heterocycles. The Morgan fingerprint density at radius 2 is 1.76 bits per heavy atom. The van der Waals surface area contributed by atoms with Crippen molar-refractivity contribution in [3.8, 4) is 5.75 Å². The van der Waals surface area contributed by atoms with Gasteiger partial charge in [0.05, 0.1) is 6.61 Å². The quantitative estimate of drug-likeness (QED) is 0.421. The monoisotopic (exact) mass is 525 g/mol. The highest BCUT2D eigenvalue weighted by atomic mass is 19.1. The highest BCUT2D eigenvalue weighted by Gasteiger charge is 2.24. The van der Waals surface area contributed by atoms with E-state index in [1.165, 1.54) is 10.1 Å². The largest absolute Gasteiger partial charge is 0.487 e. The number of piperazine rings is 1. The fraction of sp³-hybridized carbons (Fsp3) is 0.556. The second-order valence-corrected chi connectivity index (χ2v) is 10.0. The zero-order valence-corrected chi connectivity index (χ0v) is 22.1. The van der Waals surface area contributed by atoms with E-state index in [-0.39, 0.29) is 17.8 Å². The van der Waals surface area contributed by atoms with Gasteiger partial charge in [-0.3, -0.25) is 9.69 Å². The predicted octanol–water partition coefficient (Wildman–Crippen LogP) is 2.54. The number of ether oxygens (including phenoxy) is 2. The number of anilines is 1. The van der Waals surface area contributed by atoms with Crippen LogP contribution in [0.1, 0.15) is 37.1 Å². The molecule has 38 heavy (non-hydrogen) atoms. The summed E-state index contributed by atoms with van der Waals surface area (Å²) in [6.45, 7) is 7.17. The van der Waals surface area contributed by atoms with Crippen LogP contribution in [0.2, 0.25) is 0 Å². The van der Waals surface area contributed by atoms with Crippen molar-refractivity contribution >= 4 is 17.4 Å². The minimum absolute atomic E-state index is 0.0774. The van der Waals surface area contributed by atoms with E-state index in [2.05, 4.69) is 49.4 Å². The smallest absolute Gasteiger partial charge is 0.219 e. The molecule has 0 saturated carbocycles. The Hall–Kier alpha value is -3.31. The van der Waals surface area contributed by atoms with Gasteiger partial charge in [-0.05, 0) is 48.6 Å². The Labute approximate surface area is 222 Å². The highest BCUT2D eigenvalue weighted by Crippen LogP contribution is 2.31. The molecule has 0 N–H and O–H groups in total. The van der Waals surface area contributed by atoms with E-state index in [0.717, 1.165) is 70.2 Å². The zero-order chi connectivity index (χ0) is 26.5. The number of carbonyl (C=O) groups is 1. The molecule has 0 bridgehead atoms. The summed E-state index contributed by atoms with van der Waals surface area (Å²) in [6.07, 6.45) is 1.94. The van der Waals surface area contributed by atoms with Crippen molar-refractivity contribution in [3.63, 3.8) is 0 Å². The first-order valence-electron chi connectivity index (χ1n) is 13.3. The van der Waals surface area contributed by atoms with Crippen molar-refractivity contribution in [2.75, 3.05) is 64.4 Å². The molecule has 0 spiro atoms. The second-order valence-electron chi connectivity index (χ2n) is 10.0. The number of carbonyl (C=O) groups excluding carboxylic acids is 1. The van der Waals surface area contributed by atoms with Gasteiger partial charge >= 0.3 is 0 Å². The summed E-state index contributed by atoms with van der Waals surface area (Å²) >= 11 is 0. The van der Waals surface area contributed by atoms with Crippen LogP contribution >= 0.6 is 0 Å². The lowest BCUT2D eigenvalue weighted by molar-refractivity contribution is -0.130. The van der Waals surface area contributed by atoms with E-state index in [1.54, 1.807) is 14.0 Å². The summed E-state index contributed by atoms with van der Waals surface area (Å²) in [5.74, 6) is 2.49. The number of rotatable bonds is 9. The molecule has 10 nitrogen and oxygen atoms in total. The number of fused-ring (bicyclic) bond motifs is 1. The lowest BCUT2D eigenvalue weighted by Crippen LogP contribution is -2.51. The Bertz CT molecular complexity index is 1210. The van der Waals surface area contributed by atoms with E-state index < -0.39 is 6.67 Å². The number of halogens is 1. The highest BCUT2D eigenvalue weighted by molar-refractivity contribution is 5.73. The van der Waals surface area contributed by atoms with Crippen molar-refractivity contribution < 1.29 is 18.7 Å². The Balaban J connectivity index is 1.14. The fourth-order valence-corrected chi connectivity index (χ4v) is 5.37. The van der Waals surface area contributed by atoms with E-state index >= 15 is 0 Å². The number of amides is 1. The molecule has 204 valence electrons. The first-order valence-corrected chi connectivity index (χ1v) is 13.3. The summed E-state index contributed by atoms with van der Waals surface area (Å²) in [6, 6.07) is 12.2. The number of methoxy groups -OCH3 is 1. The van der Waals surface area contributed by atoms with Crippen LogP contribution in [0.15, 0.2) is 36.4 Å². The third-order valence-electron chi connectivity index (χ3n) is 7.54. The minimum Gasteiger partial charge on any atom is -0.487 e. The third-order valence-corrected chi connectivity index (χ3v) is 7.54. The molecule has 0 aliphatic carbocycles. The third kappa shape index (κ3) is 6.05. The molecule has 2 aromatic heterocycles. The maximum atomic E-state index is 13.2. The summed E-state index contributed by atoms with van der Waals surface area (Å²) in [5.41, 5.74) is 1.87. The van der Waals surface area contributed by atoms with Crippen molar-refractivity contribution in [1.82, 2.24) is 29.6 Å². The molecular weight excluding hydrogens is 489 g/mol. The average Bonchev–Trinajstić information content (AvgIpc) is 3.36. The predicted molar refractivity (Wildman–Crippen MR) is 141 cm³/mol. The van der Waals surface area contributed by atoms with Crippen LogP contribution in [-0.2, 0) is 16.2 Å². The van der Waals surface area contributed by atoms with Gasteiger partial charge in [0.1, 0.15) is 17.7 Å². The molecule has 2 aliphatic rings. The van der Waals surface area contributed by atoms with Gasteiger partial charge in [-0.15, -0.1) is 15.3 Å². The Morgan fingerprint density at radius 1 is 1.03 bits per heavy atom. The van der Waals surface area contributed by atoms with Crippen LogP contribution in [0.25, 0.3) is 5.65 Å². The van der Waals surface area contributed by atoms with Gasteiger partial charge < -0.3 is 19.3 Å². The van der Waals surface area contributed by atoms with Gasteiger partial charge in [-0.2, -0.15) is 4.52 Å². The summed E-state index contributed by atoms with van der Waals surface area (Å²) in [4.78, 5) is 18.1. The maximum absolute atomic E-state index is 13.2. The topological polar surface area (TPSA) is 88.3 Å². The standard InChI is InChI=1S/C27H36FN7O3/c1-20(36)33-15-13-32(14-16-33)18-24(19-37-2)38-23-5-3-21(4-6-23)22-9-11-34(12-10-22)26-8-7-25-29-30-27(17-28)35(25)31-26/h3-8,22,24H,9-19H2,1-2H3/t24-/m1/s1. The van der Waals surface area contributed by atoms with Crippen LogP contribution in [0.5, 0.6) is 5.75 Å². The van der Waals surface area contributed by atoms with Crippen LogP contribution in [0.4, 0.5) is 10.2 Å². The molecule has 5 rings (SSSR count). The van der Waals surface area contributed by atoms with E-state index in [1.807, 2.05) is 17.0 Å². The van der Waals surface area contributed by atoms with Crippen LogP contribution in [0, 0.1) is 0 Å². The number of nitrogens with zero attached hydrogens (tertiary/aromatic N) is 7. The summed E-state index contributed by atoms with van der Waals surface area (Å²) in [5, 5.41) is 12.4. The second kappa shape index (κ2) is 12.0. The molecule has 1 amide bonds. The number of alkyl halides is 1. The molecule has 1 atom stereocenters. The van der Waals surface area contributed by atoms with Gasteiger partial charge in [0.2, 0.25) is 5.91 Å². The lowest BCUT2D eigenvalue weighted by atomic mass is 9.89. The number of benzene rings is 1. The van der Waals surface area contributed by atoms with E-state index in [0.29, 0.717) is 18.2 Å². The molecule has 2 fully saturated rings. The van der Waals surface area contributed by atoms with Crippen molar-refractivity contribution in [1.29, 1.82) is 0 Å². The molecule has 0 unspecified atom stereocenters. The number of hydrogen-bond donors (Lipinski definition) is 0. The van der Waals surface area contributed by atoms with Crippen LogP contribution in [-0.4, -0.2) is 101 Å². The fourth-order valence-electron chi connectivity index (χ4n) is 5.37. The zero-order valence-electron chi connectivity index (χ0n) is 22.1. The van der Waals surface area contributed by atoms with Crippen LogP contribution in [0.3, 0.4) is 0 Å². The van der Waals surface area contributed by atoms with Gasteiger partial charge in [-0.1, -0.05) is 12.1 Å². The molecular formula is C27H36FN7O3. The molecule has 3 aromatic rings. The SMILES string of the molecule is COC[C@@H](CN1CCN(C(C)=O)CC1)Oc1ccc(C2CCN(c3ccc4nnc(CF)n4n3)CC2)cc1. The molecule has 2 aliphatic heterocycles. The molecule has 0 radical (unpaired) electrons. The molecule has 11 heteroatoms. The lowest BCUT2D eigenvalue weighted by Gasteiger charge is -2.36. The van der Waals surface area contributed by atoms with Gasteiger partial charge in [0, 0.05) is 59.8 Å². The first-order chi connectivity index (χ1) is 18.5. The molecule has 2 saturated heterocycles. The van der Waals surface area contributed by atoms with Crippen molar-refractivity contribution in [2.24, 2.45) is 0 Å². The Morgan fingerprint density at radius 3 is 2.42 bits per heavy atom. The van der Waals surface area contributed by atoms with Gasteiger partial charge in [-0.25, -0.2) is 4.39 Å². The van der Waals surface area contributed by atoms with E-state index in [9.17, 15) is 9.18 Å². The normalized spacial score (nSPS) is 18.2. The minimum atomic E-state index is -0.691. The van der Waals surface area contributed by atoms with Crippen molar-refractivity contribution in [2.45, 2.75) is 38.5 Å². The first kappa shape index (κ1) is 26.3. The van der Waals surface area contributed by atoms with Crippen LogP contribution < -0.4 is 9.64 Å². The van der Waals surface area contributed by atoms with Crippen molar-refractivity contribution in [3.05, 3.63) is 47.8 Å². The number of aromatic nitrogens is 4.